The molecule has 1 N–H and O–H groups in total. The molecule has 1 heterocycles. The molecule has 17 heavy (non-hydrogen) atoms. The van der Waals surface area contributed by atoms with Gasteiger partial charge in [-0.3, -0.25) is 0 Å². The maximum atomic E-state index is 5.72. The van der Waals surface area contributed by atoms with Crippen molar-refractivity contribution < 1.29 is 4.74 Å². The molecule has 2 aliphatic rings. The van der Waals surface area contributed by atoms with E-state index in [4.69, 9.17) is 4.74 Å². The maximum Gasteiger partial charge on any atom is 0.0666 e. The number of ether oxygens (including phenoxy) is 1. The SMILES string of the molecule is CCC1CCC(NC)C(SCC2CCCO2)C1. The zero-order chi connectivity index (χ0) is 12.1. The Morgan fingerprint density at radius 3 is 2.82 bits per heavy atom. The molecule has 1 saturated carbocycles. The van der Waals surface area contributed by atoms with Gasteiger partial charge in [0.1, 0.15) is 0 Å². The van der Waals surface area contributed by atoms with Crippen molar-refractivity contribution in [3.63, 3.8) is 0 Å². The van der Waals surface area contributed by atoms with E-state index in [-0.39, 0.29) is 0 Å². The van der Waals surface area contributed by atoms with E-state index in [1.807, 2.05) is 0 Å². The third-order valence-electron chi connectivity index (χ3n) is 4.37. The quantitative estimate of drug-likeness (QED) is 0.818. The number of thioether (sulfide) groups is 1. The van der Waals surface area contributed by atoms with Gasteiger partial charge in [-0.05, 0) is 45.1 Å². The van der Waals surface area contributed by atoms with Crippen LogP contribution in [0, 0.1) is 5.92 Å². The van der Waals surface area contributed by atoms with E-state index in [9.17, 15) is 0 Å². The van der Waals surface area contributed by atoms with Crippen molar-refractivity contribution in [2.45, 2.75) is 62.8 Å². The van der Waals surface area contributed by atoms with Crippen molar-refractivity contribution in [3.8, 4) is 0 Å². The minimum absolute atomic E-state index is 0.541. The first-order valence-electron chi connectivity index (χ1n) is 7.24. The summed E-state index contributed by atoms with van der Waals surface area (Å²) in [5.41, 5.74) is 0. The molecule has 0 spiro atoms. The first-order valence-corrected chi connectivity index (χ1v) is 8.28. The third-order valence-corrected chi connectivity index (χ3v) is 5.88. The molecular weight excluding hydrogens is 230 g/mol. The molecule has 1 aliphatic carbocycles. The standard InChI is InChI=1S/C14H27NOS/c1-3-11-6-7-13(15-2)14(9-11)17-10-12-5-4-8-16-12/h11-15H,3-10H2,1-2H3. The lowest BCUT2D eigenvalue weighted by molar-refractivity contribution is 0.128. The summed E-state index contributed by atoms with van der Waals surface area (Å²) in [6, 6.07) is 0.726. The zero-order valence-electron chi connectivity index (χ0n) is 11.3. The van der Waals surface area contributed by atoms with Crippen LogP contribution in [-0.2, 0) is 4.74 Å². The van der Waals surface area contributed by atoms with Crippen LogP contribution in [0.4, 0.5) is 0 Å². The summed E-state index contributed by atoms with van der Waals surface area (Å²) >= 11 is 2.16. The Balaban J connectivity index is 1.77. The van der Waals surface area contributed by atoms with Gasteiger partial charge in [0.2, 0.25) is 0 Å². The molecule has 100 valence electrons. The lowest BCUT2D eigenvalue weighted by Gasteiger charge is -2.35. The normalized spacial score (nSPS) is 38.5. The number of hydrogen-bond acceptors (Lipinski definition) is 3. The molecule has 0 amide bonds. The van der Waals surface area contributed by atoms with Gasteiger partial charge >= 0.3 is 0 Å². The van der Waals surface area contributed by atoms with Gasteiger partial charge in [0.25, 0.3) is 0 Å². The van der Waals surface area contributed by atoms with Gasteiger partial charge in [-0.15, -0.1) is 0 Å². The number of nitrogens with one attached hydrogen (secondary N) is 1. The molecule has 2 nitrogen and oxygen atoms in total. The molecule has 3 heteroatoms. The first-order chi connectivity index (χ1) is 8.33. The molecule has 4 unspecified atom stereocenters. The lowest BCUT2D eigenvalue weighted by Crippen LogP contribution is -2.41. The van der Waals surface area contributed by atoms with E-state index < -0.39 is 0 Å². The molecule has 4 atom stereocenters. The topological polar surface area (TPSA) is 21.3 Å². The van der Waals surface area contributed by atoms with Crippen molar-refractivity contribution in [2.24, 2.45) is 5.92 Å². The first kappa shape index (κ1) is 13.7. The molecule has 2 fully saturated rings. The second-order valence-electron chi connectivity index (χ2n) is 5.49. The van der Waals surface area contributed by atoms with E-state index in [0.717, 1.165) is 23.8 Å². The predicted molar refractivity (Wildman–Crippen MR) is 75.7 cm³/mol. The van der Waals surface area contributed by atoms with E-state index in [2.05, 4.69) is 31.1 Å². The molecule has 0 aromatic heterocycles. The summed E-state index contributed by atoms with van der Waals surface area (Å²) in [6.07, 6.45) is 8.62. The van der Waals surface area contributed by atoms with Crippen LogP contribution in [0.3, 0.4) is 0 Å². The summed E-state index contributed by atoms with van der Waals surface area (Å²) in [7, 11) is 2.12. The minimum atomic E-state index is 0.541. The van der Waals surface area contributed by atoms with Crippen LogP contribution in [0.15, 0.2) is 0 Å². The van der Waals surface area contributed by atoms with Crippen molar-refractivity contribution >= 4 is 11.8 Å². The maximum absolute atomic E-state index is 5.72. The van der Waals surface area contributed by atoms with Gasteiger partial charge in [-0.25, -0.2) is 0 Å². The summed E-state index contributed by atoms with van der Waals surface area (Å²) in [5, 5.41) is 4.32. The van der Waals surface area contributed by atoms with Gasteiger partial charge in [-0.1, -0.05) is 13.3 Å². The van der Waals surface area contributed by atoms with Gasteiger partial charge in [0, 0.05) is 23.7 Å². The molecule has 0 aromatic rings. The highest BCUT2D eigenvalue weighted by Crippen LogP contribution is 2.35. The highest BCUT2D eigenvalue weighted by Gasteiger charge is 2.30. The Labute approximate surface area is 110 Å². The fourth-order valence-corrected chi connectivity index (χ4v) is 4.74. The molecule has 0 aromatic carbocycles. The van der Waals surface area contributed by atoms with Crippen LogP contribution in [0.1, 0.15) is 45.4 Å². The van der Waals surface area contributed by atoms with Crippen LogP contribution in [0.2, 0.25) is 0 Å². The smallest absolute Gasteiger partial charge is 0.0666 e. The Morgan fingerprint density at radius 1 is 1.29 bits per heavy atom. The van der Waals surface area contributed by atoms with Crippen molar-refractivity contribution in [1.29, 1.82) is 0 Å². The zero-order valence-corrected chi connectivity index (χ0v) is 12.1. The fourth-order valence-electron chi connectivity index (χ4n) is 3.10. The summed E-state index contributed by atoms with van der Waals surface area (Å²) in [5.74, 6) is 2.17. The molecular formula is C14H27NOS. The number of hydrogen-bond donors (Lipinski definition) is 1. The van der Waals surface area contributed by atoms with Crippen LogP contribution in [0.25, 0.3) is 0 Å². The average molecular weight is 257 g/mol. The molecule has 2 rings (SSSR count). The largest absolute Gasteiger partial charge is 0.377 e. The highest BCUT2D eigenvalue weighted by atomic mass is 32.2. The minimum Gasteiger partial charge on any atom is -0.377 e. The van der Waals surface area contributed by atoms with Crippen molar-refractivity contribution in [2.75, 3.05) is 19.4 Å². The fraction of sp³-hybridized carbons (Fsp3) is 1.00. The lowest BCUT2D eigenvalue weighted by atomic mass is 9.84. The Bertz CT molecular complexity index is 218. The molecule has 1 saturated heterocycles. The van der Waals surface area contributed by atoms with Crippen molar-refractivity contribution in [1.82, 2.24) is 5.32 Å². The predicted octanol–water partition coefficient (Wildman–Crippen LogP) is 3.07. The molecule has 0 bridgehead atoms. The second kappa shape index (κ2) is 7.01. The van der Waals surface area contributed by atoms with Crippen LogP contribution in [-0.4, -0.2) is 36.8 Å². The number of rotatable bonds is 5. The van der Waals surface area contributed by atoms with Crippen molar-refractivity contribution in [3.05, 3.63) is 0 Å². The summed E-state index contributed by atoms with van der Waals surface area (Å²) in [4.78, 5) is 0. The Morgan fingerprint density at radius 2 is 2.18 bits per heavy atom. The second-order valence-corrected chi connectivity index (χ2v) is 6.76. The van der Waals surface area contributed by atoms with Gasteiger partial charge in [0.05, 0.1) is 6.10 Å². The van der Waals surface area contributed by atoms with Gasteiger partial charge in [0.15, 0.2) is 0 Å². The molecule has 1 aliphatic heterocycles. The third kappa shape index (κ3) is 3.87. The van der Waals surface area contributed by atoms with Crippen LogP contribution < -0.4 is 5.32 Å². The molecule has 0 radical (unpaired) electrons. The monoisotopic (exact) mass is 257 g/mol. The van der Waals surface area contributed by atoms with E-state index >= 15 is 0 Å². The van der Waals surface area contributed by atoms with E-state index in [0.29, 0.717) is 6.10 Å². The van der Waals surface area contributed by atoms with Gasteiger partial charge < -0.3 is 10.1 Å². The van der Waals surface area contributed by atoms with E-state index in [1.54, 1.807) is 0 Å². The van der Waals surface area contributed by atoms with Gasteiger partial charge in [-0.2, -0.15) is 11.8 Å². The average Bonchev–Trinajstić information content (AvgIpc) is 2.89. The van der Waals surface area contributed by atoms with Crippen LogP contribution in [0.5, 0.6) is 0 Å². The summed E-state index contributed by atoms with van der Waals surface area (Å²) < 4.78 is 5.72. The summed E-state index contributed by atoms with van der Waals surface area (Å²) in [6.45, 7) is 3.33. The van der Waals surface area contributed by atoms with Crippen LogP contribution >= 0.6 is 11.8 Å². The van der Waals surface area contributed by atoms with E-state index in [1.165, 1.54) is 44.3 Å². The Kier molecular flexibility index (Phi) is 5.64. The Hall–Kier alpha value is 0.270. The highest BCUT2D eigenvalue weighted by molar-refractivity contribution is 8.00.